The molecular weight excluding hydrogens is 308 g/mol. The Labute approximate surface area is 151 Å². The Morgan fingerprint density at radius 2 is 1.76 bits per heavy atom. The minimum absolute atomic E-state index is 0.252. The van der Waals surface area contributed by atoms with Gasteiger partial charge < -0.3 is 5.11 Å². The smallest absolute Gasteiger partial charge is 0.328 e. The fourth-order valence-corrected chi connectivity index (χ4v) is 4.17. The Kier molecular flexibility index (Phi) is 4.43. The van der Waals surface area contributed by atoms with Gasteiger partial charge in [0.1, 0.15) is 0 Å². The van der Waals surface area contributed by atoms with Gasteiger partial charge in [-0.3, -0.25) is 0 Å². The number of carboxylic acid groups (broad SMARTS) is 1. The van der Waals surface area contributed by atoms with E-state index >= 15 is 0 Å². The molecule has 0 saturated heterocycles. The molecule has 0 amide bonds. The highest BCUT2D eigenvalue weighted by molar-refractivity contribution is 5.81. The zero-order valence-corrected chi connectivity index (χ0v) is 16.1. The second-order valence-electron chi connectivity index (χ2n) is 9.16. The number of hydrogen-bond acceptors (Lipinski definition) is 1. The van der Waals surface area contributed by atoms with Gasteiger partial charge >= 0.3 is 5.97 Å². The molecule has 25 heavy (non-hydrogen) atoms. The summed E-state index contributed by atoms with van der Waals surface area (Å²) in [6.45, 7) is 11.3. The van der Waals surface area contributed by atoms with E-state index in [1.807, 2.05) is 13.0 Å². The standard InChI is InChI=1S/C23H30O2/c1-15(12-21(24)25)6-7-16-13-18(16)17-8-9-19-20(14-17)23(4,5)11-10-22(19,2)3/h6-9,12,14,16,18H,10-11,13H2,1-5H3,(H,24,25)/t16-,18+/m0/s1. The molecule has 3 rings (SSSR count). The van der Waals surface area contributed by atoms with E-state index in [9.17, 15) is 4.79 Å². The molecule has 2 aliphatic carbocycles. The highest BCUT2D eigenvalue weighted by Crippen LogP contribution is 2.52. The normalized spacial score (nSPS) is 27.2. The van der Waals surface area contributed by atoms with E-state index in [0.717, 1.165) is 5.57 Å². The van der Waals surface area contributed by atoms with Gasteiger partial charge in [-0.25, -0.2) is 4.79 Å². The van der Waals surface area contributed by atoms with Gasteiger partial charge in [-0.05, 0) is 71.1 Å². The van der Waals surface area contributed by atoms with Crippen LogP contribution in [0.2, 0.25) is 0 Å². The maximum atomic E-state index is 10.7. The summed E-state index contributed by atoms with van der Waals surface area (Å²) in [5.41, 5.74) is 5.80. The fraction of sp³-hybridized carbons (Fsp3) is 0.522. The molecule has 1 saturated carbocycles. The van der Waals surface area contributed by atoms with E-state index in [4.69, 9.17) is 5.11 Å². The number of benzene rings is 1. The van der Waals surface area contributed by atoms with Crippen molar-refractivity contribution in [1.82, 2.24) is 0 Å². The van der Waals surface area contributed by atoms with E-state index in [2.05, 4.69) is 52.0 Å². The van der Waals surface area contributed by atoms with Crippen LogP contribution in [0.3, 0.4) is 0 Å². The lowest BCUT2D eigenvalue weighted by molar-refractivity contribution is -0.131. The molecule has 2 atom stereocenters. The van der Waals surface area contributed by atoms with Crippen LogP contribution in [0.15, 0.2) is 42.0 Å². The lowest BCUT2D eigenvalue weighted by Gasteiger charge is -2.42. The van der Waals surface area contributed by atoms with E-state index in [1.54, 1.807) is 0 Å². The van der Waals surface area contributed by atoms with Crippen molar-refractivity contribution < 1.29 is 9.90 Å². The van der Waals surface area contributed by atoms with Crippen molar-refractivity contribution in [2.45, 2.75) is 70.6 Å². The van der Waals surface area contributed by atoms with Gasteiger partial charge in [0.25, 0.3) is 0 Å². The number of aliphatic carboxylic acids is 1. The van der Waals surface area contributed by atoms with Crippen molar-refractivity contribution in [3.05, 3.63) is 58.7 Å². The maximum absolute atomic E-state index is 10.7. The molecule has 2 nitrogen and oxygen atoms in total. The van der Waals surface area contributed by atoms with Crippen molar-refractivity contribution in [3.63, 3.8) is 0 Å². The molecule has 1 aromatic rings. The van der Waals surface area contributed by atoms with E-state index < -0.39 is 5.97 Å². The minimum Gasteiger partial charge on any atom is -0.478 e. The molecule has 0 spiro atoms. The lowest BCUT2D eigenvalue weighted by atomic mass is 9.63. The van der Waals surface area contributed by atoms with Gasteiger partial charge in [0.2, 0.25) is 0 Å². The zero-order valence-electron chi connectivity index (χ0n) is 16.1. The highest BCUT2D eigenvalue weighted by Gasteiger charge is 2.40. The number of hydrogen-bond donors (Lipinski definition) is 1. The summed E-state index contributed by atoms with van der Waals surface area (Å²) in [6, 6.07) is 7.13. The van der Waals surface area contributed by atoms with Crippen LogP contribution in [0.4, 0.5) is 0 Å². The predicted octanol–water partition coefficient (Wildman–Crippen LogP) is 5.73. The summed E-state index contributed by atoms with van der Waals surface area (Å²) in [4.78, 5) is 10.7. The summed E-state index contributed by atoms with van der Waals surface area (Å²) in [7, 11) is 0. The summed E-state index contributed by atoms with van der Waals surface area (Å²) in [5, 5.41) is 8.79. The van der Waals surface area contributed by atoms with Crippen LogP contribution < -0.4 is 0 Å². The minimum atomic E-state index is -0.881. The Hall–Kier alpha value is -1.83. The Balaban J connectivity index is 1.80. The van der Waals surface area contributed by atoms with Crippen LogP contribution >= 0.6 is 0 Å². The van der Waals surface area contributed by atoms with Gasteiger partial charge in [-0.2, -0.15) is 0 Å². The zero-order chi connectivity index (χ0) is 18.4. The monoisotopic (exact) mass is 338 g/mol. The van der Waals surface area contributed by atoms with Crippen LogP contribution in [0, 0.1) is 5.92 Å². The van der Waals surface area contributed by atoms with Crippen LogP contribution in [0.1, 0.15) is 76.5 Å². The van der Waals surface area contributed by atoms with Gasteiger partial charge in [0, 0.05) is 6.08 Å². The number of carbonyl (C=O) groups is 1. The third kappa shape index (κ3) is 3.73. The summed E-state index contributed by atoms with van der Waals surface area (Å²) >= 11 is 0. The number of carboxylic acids is 1. The second-order valence-corrected chi connectivity index (χ2v) is 9.16. The van der Waals surface area contributed by atoms with E-state index in [0.29, 0.717) is 11.8 Å². The molecule has 1 aromatic carbocycles. The Morgan fingerprint density at radius 3 is 2.40 bits per heavy atom. The van der Waals surface area contributed by atoms with Crippen molar-refractivity contribution in [2.24, 2.45) is 5.92 Å². The molecule has 0 unspecified atom stereocenters. The molecule has 1 fully saturated rings. The third-order valence-electron chi connectivity index (χ3n) is 6.10. The quantitative estimate of drug-likeness (QED) is 0.562. The lowest BCUT2D eigenvalue weighted by Crippen LogP contribution is -2.33. The SMILES string of the molecule is CC(C=C[C@H]1C[C@H]1c1ccc2c(c1)C(C)(C)CCC2(C)C)=CC(=O)O. The number of fused-ring (bicyclic) bond motifs is 1. The molecule has 0 aromatic heterocycles. The van der Waals surface area contributed by atoms with Crippen LogP contribution in [0.5, 0.6) is 0 Å². The molecule has 0 heterocycles. The summed E-state index contributed by atoms with van der Waals surface area (Å²) in [5.74, 6) is 0.240. The third-order valence-corrected chi connectivity index (χ3v) is 6.10. The van der Waals surface area contributed by atoms with Crippen molar-refractivity contribution in [2.75, 3.05) is 0 Å². The van der Waals surface area contributed by atoms with Gasteiger partial charge in [-0.15, -0.1) is 0 Å². The molecule has 2 aliphatic rings. The topological polar surface area (TPSA) is 37.3 Å². The first-order valence-electron chi connectivity index (χ1n) is 9.34. The first kappa shape index (κ1) is 18.0. The molecule has 2 heteroatoms. The number of rotatable bonds is 4. The Bertz CT molecular complexity index is 749. The maximum Gasteiger partial charge on any atom is 0.328 e. The molecule has 0 bridgehead atoms. The Morgan fingerprint density at radius 1 is 1.12 bits per heavy atom. The first-order chi connectivity index (χ1) is 11.6. The van der Waals surface area contributed by atoms with Gasteiger partial charge in [-0.1, -0.05) is 58.0 Å². The summed E-state index contributed by atoms with van der Waals surface area (Å²) < 4.78 is 0. The molecule has 134 valence electrons. The van der Waals surface area contributed by atoms with E-state index in [1.165, 1.54) is 42.0 Å². The average Bonchev–Trinajstić information content (AvgIpc) is 3.29. The molecule has 0 radical (unpaired) electrons. The fourth-order valence-electron chi connectivity index (χ4n) is 4.17. The van der Waals surface area contributed by atoms with Crippen LogP contribution in [-0.4, -0.2) is 11.1 Å². The van der Waals surface area contributed by atoms with Crippen molar-refractivity contribution in [3.8, 4) is 0 Å². The molecule has 0 aliphatic heterocycles. The van der Waals surface area contributed by atoms with Gasteiger partial charge in [0.15, 0.2) is 0 Å². The first-order valence-corrected chi connectivity index (χ1v) is 9.34. The highest BCUT2D eigenvalue weighted by atomic mass is 16.4. The average molecular weight is 338 g/mol. The summed E-state index contributed by atoms with van der Waals surface area (Å²) in [6.07, 6.45) is 9.04. The molecular formula is C23H30O2. The van der Waals surface area contributed by atoms with Crippen LogP contribution in [0.25, 0.3) is 0 Å². The molecule has 1 N–H and O–H groups in total. The predicted molar refractivity (Wildman–Crippen MR) is 103 cm³/mol. The second kappa shape index (κ2) is 6.16. The van der Waals surface area contributed by atoms with Crippen LogP contribution in [-0.2, 0) is 15.6 Å². The van der Waals surface area contributed by atoms with Gasteiger partial charge in [0.05, 0.1) is 0 Å². The number of allylic oxidation sites excluding steroid dienone is 3. The van der Waals surface area contributed by atoms with Crippen molar-refractivity contribution in [1.29, 1.82) is 0 Å². The largest absolute Gasteiger partial charge is 0.478 e. The van der Waals surface area contributed by atoms with Crippen molar-refractivity contribution >= 4 is 5.97 Å². The van der Waals surface area contributed by atoms with E-state index in [-0.39, 0.29) is 10.8 Å².